The van der Waals surface area contributed by atoms with Gasteiger partial charge in [0.25, 0.3) is 0 Å². The number of nitrogen functional groups attached to an aromatic ring is 1. The van der Waals surface area contributed by atoms with E-state index in [4.69, 9.17) is 10.5 Å². The zero-order chi connectivity index (χ0) is 14.8. The molecule has 0 fully saturated rings. The van der Waals surface area contributed by atoms with E-state index in [-0.39, 0.29) is 0 Å². The standard InChI is InChI=1S/C16H15NO2S2/c1-19-14-8-12(17)6-7-16(14)21(18)10-11-9-20-15-5-3-2-4-13(11)15/h2-9H,10,17H2,1H3. The number of fused-ring (bicyclic) bond motifs is 1. The molecule has 1 aromatic heterocycles. The van der Waals surface area contributed by atoms with Crippen LogP contribution in [0.15, 0.2) is 52.7 Å². The Kier molecular flexibility index (Phi) is 3.94. The van der Waals surface area contributed by atoms with E-state index in [0.29, 0.717) is 22.1 Å². The van der Waals surface area contributed by atoms with Crippen molar-refractivity contribution in [2.75, 3.05) is 12.8 Å². The minimum Gasteiger partial charge on any atom is -0.495 e. The number of methoxy groups -OCH3 is 1. The number of anilines is 1. The number of hydrogen-bond donors (Lipinski definition) is 1. The average Bonchev–Trinajstić information content (AvgIpc) is 2.90. The van der Waals surface area contributed by atoms with Crippen LogP contribution in [-0.2, 0) is 16.6 Å². The molecule has 0 aliphatic carbocycles. The smallest absolute Gasteiger partial charge is 0.137 e. The first kappa shape index (κ1) is 14.1. The molecule has 108 valence electrons. The molecular weight excluding hydrogens is 302 g/mol. The van der Waals surface area contributed by atoms with Gasteiger partial charge in [0.15, 0.2) is 0 Å². The molecule has 0 saturated carbocycles. The minimum absolute atomic E-state index is 0.476. The molecule has 21 heavy (non-hydrogen) atoms. The second-order valence-electron chi connectivity index (χ2n) is 4.66. The highest BCUT2D eigenvalue weighted by atomic mass is 32.2. The van der Waals surface area contributed by atoms with Gasteiger partial charge in [0.1, 0.15) is 5.75 Å². The third-order valence-corrected chi connectivity index (χ3v) is 5.69. The second-order valence-corrected chi connectivity index (χ2v) is 6.99. The summed E-state index contributed by atoms with van der Waals surface area (Å²) in [5.74, 6) is 1.05. The quantitative estimate of drug-likeness (QED) is 0.745. The van der Waals surface area contributed by atoms with Gasteiger partial charge in [-0.2, -0.15) is 0 Å². The molecule has 0 aliphatic heterocycles. The highest BCUT2D eigenvalue weighted by molar-refractivity contribution is 7.84. The maximum absolute atomic E-state index is 12.6. The zero-order valence-electron chi connectivity index (χ0n) is 11.5. The SMILES string of the molecule is COc1cc(N)ccc1S(=O)Cc1csc2ccccc12. The van der Waals surface area contributed by atoms with Crippen LogP contribution in [-0.4, -0.2) is 11.3 Å². The van der Waals surface area contributed by atoms with Crippen molar-refractivity contribution in [1.29, 1.82) is 0 Å². The summed E-state index contributed by atoms with van der Waals surface area (Å²) in [5.41, 5.74) is 7.45. The van der Waals surface area contributed by atoms with Crippen LogP contribution in [0.25, 0.3) is 10.1 Å². The molecular formula is C16H15NO2S2. The van der Waals surface area contributed by atoms with Gasteiger partial charge in [-0.05, 0) is 34.5 Å². The van der Waals surface area contributed by atoms with Crippen molar-refractivity contribution < 1.29 is 8.95 Å². The number of benzene rings is 2. The van der Waals surface area contributed by atoms with Crippen molar-refractivity contribution in [3.63, 3.8) is 0 Å². The molecule has 2 N–H and O–H groups in total. The lowest BCUT2D eigenvalue weighted by Gasteiger charge is -2.09. The minimum atomic E-state index is -1.16. The third kappa shape index (κ3) is 2.80. The van der Waals surface area contributed by atoms with Gasteiger partial charge < -0.3 is 10.5 Å². The van der Waals surface area contributed by atoms with Crippen molar-refractivity contribution in [2.24, 2.45) is 0 Å². The third-order valence-electron chi connectivity index (χ3n) is 3.28. The molecule has 0 bridgehead atoms. The van der Waals surface area contributed by atoms with Crippen molar-refractivity contribution in [3.8, 4) is 5.75 Å². The normalized spacial score (nSPS) is 12.4. The molecule has 5 heteroatoms. The van der Waals surface area contributed by atoms with E-state index in [1.807, 2.05) is 12.1 Å². The Balaban J connectivity index is 1.93. The van der Waals surface area contributed by atoms with Crippen molar-refractivity contribution in [3.05, 3.63) is 53.4 Å². The number of hydrogen-bond acceptors (Lipinski definition) is 4. The van der Waals surface area contributed by atoms with Gasteiger partial charge in [0.2, 0.25) is 0 Å². The van der Waals surface area contributed by atoms with E-state index in [2.05, 4.69) is 17.5 Å². The summed E-state index contributed by atoms with van der Waals surface area (Å²) < 4.78 is 19.1. The average molecular weight is 317 g/mol. The monoisotopic (exact) mass is 317 g/mol. The maximum Gasteiger partial charge on any atom is 0.137 e. The summed E-state index contributed by atoms with van der Waals surface area (Å²) in [4.78, 5) is 0.682. The van der Waals surface area contributed by atoms with Gasteiger partial charge in [-0.1, -0.05) is 18.2 Å². The Morgan fingerprint density at radius 1 is 1.24 bits per heavy atom. The Morgan fingerprint density at radius 3 is 2.86 bits per heavy atom. The van der Waals surface area contributed by atoms with Crippen molar-refractivity contribution >= 4 is 37.9 Å². The van der Waals surface area contributed by atoms with E-state index in [1.54, 1.807) is 36.6 Å². The summed E-state index contributed by atoms with van der Waals surface area (Å²) in [6.45, 7) is 0. The van der Waals surface area contributed by atoms with Gasteiger partial charge in [-0.3, -0.25) is 4.21 Å². The maximum atomic E-state index is 12.6. The lowest BCUT2D eigenvalue weighted by Crippen LogP contribution is -2.00. The van der Waals surface area contributed by atoms with Crippen molar-refractivity contribution in [1.82, 2.24) is 0 Å². The van der Waals surface area contributed by atoms with Crippen LogP contribution >= 0.6 is 11.3 Å². The van der Waals surface area contributed by atoms with E-state index < -0.39 is 10.8 Å². The number of nitrogens with two attached hydrogens (primary N) is 1. The topological polar surface area (TPSA) is 52.3 Å². The summed E-state index contributed by atoms with van der Waals surface area (Å²) in [7, 11) is 0.403. The molecule has 0 radical (unpaired) electrons. The molecule has 3 aromatic rings. The number of rotatable bonds is 4. The fourth-order valence-electron chi connectivity index (χ4n) is 2.24. The fourth-order valence-corrected chi connectivity index (χ4v) is 4.57. The van der Waals surface area contributed by atoms with Gasteiger partial charge in [-0.15, -0.1) is 11.3 Å². The molecule has 0 aliphatic rings. The molecule has 1 heterocycles. The number of thiophene rings is 1. The summed E-state index contributed by atoms with van der Waals surface area (Å²) in [6, 6.07) is 13.4. The highest BCUT2D eigenvalue weighted by Crippen LogP contribution is 2.30. The lowest BCUT2D eigenvalue weighted by molar-refractivity contribution is 0.404. The van der Waals surface area contributed by atoms with Crippen LogP contribution in [0.5, 0.6) is 5.75 Å². The Bertz CT molecular complexity index is 811. The van der Waals surface area contributed by atoms with E-state index >= 15 is 0 Å². The van der Waals surface area contributed by atoms with Crippen LogP contribution in [0.4, 0.5) is 5.69 Å². The first-order valence-electron chi connectivity index (χ1n) is 6.46. The Labute approximate surface area is 129 Å². The molecule has 1 atom stereocenters. The number of ether oxygens (including phenoxy) is 1. The van der Waals surface area contributed by atoms with E-state index in [0.717, 1.165) is 5.56 Å². The van der Waals surface area contributed by atoms with E-state index in [1.165, 1.54) is 10.1 Å². The molecule has 3 rings (SSSR count). The van der Waals surface area contributed by atoms with Crippen molar-refractivity contribution in [2.45, 2.75) is 10.6 Å². The zero-order valence-corrected chi connectivity index (χ0v) is 13.2. The van der Waals surface area contributed by atoms with Crippen LogP contribution in [0, 0.1) is 0 Å². The summed E-state index contributed by atoms with van der Waals surface area (Å²) in [6.07, 6.45) is 0. The molecule has 3 nitrogen and oxygen atoms in total. The van der Waals surface area contributed by atoms with Gasteiger partial charge >= 0.3 is 0 Å². The van der Waals surface area contributed by atoms with Gasteiger partial charge in [0.05, 0.1) is 28.6 Å². The summed E-state index contributed by atoms with van der Waals surface area (Å²) >= 11 is 1.68. The van der Waals surface area contributed by atoms with Crippen LogP contribution in [0.2, 0.25) is 0 Å². The molecule has 1 unspecified atom stereocenters. The summed E-state index contributed by atoms with van der Waals surface area (Å²) in [5, 5.41) is 3.25. The van der Waals surface area contributed by atoms with Crippen LogP contribution in [0.3, 0.4) is 0 Å². The molecule has 0 amide bonds. The predicted octanol–water partition coefficient (Wildman–Crippen LogP) is 3.80. The van der Waals surface area contributed by atoms with Gasteiger partial charge in [0, 0.05) is 16.5 Å². The van der Waals surface area contributed by atoms with Crippen LogP contribution < -0.4 is 10.5 Å². The highest BCUT2D eigenvalue weighted by Gasteiger charge is 2.14. The van der Waals surface area contributed by atoms with Gasteiger partial charge in [-0.25, -0.2) is 0 Å². The first-order chi connectivity index (χ1) is 10.2. The molecule has 2 aromatic carbocycles. The lowest BCUT2D eigenvalue weighted by atomic mass is 10.2. The Hall–Kier alpha value is -1.85. The second kappa shape index (κ2) is 5.87. The first-order valence-corrected chi connectivity index (χ1v) is 8.66. The van der Waals surface area contributed by atoms with E-state index in [9.17, 15) is 4.21 Å². The Morgan fingerprint density at radius 2 is 2.05 bits per heavy atom. The molecule has 0 spiro atoms. The predicted molar refractivity (Wildman–Crippen MR) is 89.3 cm³/mol. The largest absolute Gasteiger partial charge is 0.495 e. The fraction of sp³-hybridized carbons (Fsp3) is 0.125. The molecule has 0 saturated heterocycles. The van der Waals surface area contributed by atoms with Crippen LogP contribution in [0.1, 0.15) is 5.56 Å².